The predicted molar refractivity (Wildman–Crippen MR) is 54.3 cm³/mol. The summed E-state index contributed by atoms with van der Waals surface area (Å²) >= 11 is 0. The zero-order valence-corrected chi connectivity index (χ0v) is 8.75. The number of carbonyl (C=O) groups excluding carboxylic acids is 2. The van der Waals surface area contributed by atoms with E-state index in [0.717, 1.165) is 6.42 Å². The Kier molecular flexibility index (Phi) is 5.87. The lowest BCUT2D eigenvalue weighted by atomic mass is 10.1. The monoisotopic (exact) mass is 201 g/mol. The number of rotatable bonds is 6. The maximum atomic E-state index is 11.3. The highest BCUT2D eigenvalue weighted by Crippen LogP contribution is 1.95. The average molecular weight is 201 g/mol. The average Bonchev–Trinajstić information content (AvgIpc) is 2.02. The van der Waals surface area contributed by atoms with E-state index >= 15 is 0 Å². The SMILES string of the molecule is CCC[C@@H](N)C(=O)NC(C)CC(N)=O. The van der Waals surface area contributed by atoms with Crippen molar-refractivity contribution in [3.05, 3.63) is 0 Å². The molecule has 0 saturated heterocycles. The van der Waals surface area contributed by atoms with Crippen molar-refractivity contribution in [3.8, 4) is 0 Å². The van der Waals surface area contributed by atoms with Gasteiger partial charge in [0.1, 0.15) is 0 Å². The van der Waals surface area contributed by atoms with Gasteiger partial charge in [0, 0.05) is 12.5 Å². The summed E-state index contributed by atoms with van der Waals surface area (Å²) in [6.45, 7) is 3.68. The van der Waals surface area contributed by atoms with Crippen molar-refractivity contribution in [2.45, 2.75) is 45.2 Å². The first-order valence-electron chi connectivity index (χ1n) is 4.81. The molecule has 0 saturated carbocycles. The Morgan fingerprint density at radius 2 is 2.00 bits per heavy atom. The van der Waals surface area contributed by atoms with Crippen molar-refractivity contribution in [1.82, 2.24) is 5.32 Å². The van der Waals surface area contributed by atoms with Gasteiger partial charge in [0.15, 0.2) is 0 Å². The smallest absolute Gasteiger partial charge is 0.237 e. The van der Waals surface area contributed by atoms with Crippen molar-refractivity contribution >= 4 is 11.8 Å². The fourth-order valence-electron chi connectivity index (χ4n) is 1.14. The van der Waals surface area contributed by atoms with Gasteiger partial charge in [0.05, 0.1) is 6.04 Å². The number of carbonyl (C=O) groups is 2. The second-order valence-electron chi connectivity index (χ2n) is 3.48. The summed E-state index contributed by atoms with van der Waals surface area (Å²) in [4.78, 5) is 21.9. The Labute approximate surface area is 84.2 Å². The molecule has 0 aromatic rings. The molecular formula is C9H19N3O2. The van der Waals surface area contributed by atoms with Gasteiger partial charge in [-0.2, -0.15) is 0 Å². The normalized spacial score (nSPS) is 14.5. The fourth-order valence-corrected chi connectivity index (χ4v) is 1.14. The van der Waals surface area contributed by atoms with E-state index in [0.29, 0.717) is 6.42 Å². The first-order valence-corrected chi connectivity index (χ1v) is 4.81. The molecule has 5 N–H and O–H groups in total. The lowest BCUT2D eigenvalue weighted by molar-refractivity contribution is -0.123. The van der Waals surface area contributed by atoms with E-state index < -0.39 is 11.9 Å². The van der Waals surface area contributed by atoms with E-state index in [1.807, 2.05) is 6.92 Å². The lowest BCUT2D eigenvalue weighted by Gasteiger charge is -2.15. The highest BCUT2D eigenvalue weighted by molar-refractivity contribution is 5.82. The van der Waals surface area contributed by atoms with Crippen LogP contribution in [0, 0.1) is 0 Å². The van der Waals surface area contributed by atoms with Crippen LogP contribution in [0.25, 0.3) is 0 Å². The minimum Gasteiger partial charge on any atom is -0.370 e. The molecule has 2 amide bonds. The molecule has 0 rings (SSSR count). The van der Waals surface area contributed by atoms with Gasteiger partial charge in [-0.15, -0.1) is 0 Å². The van der Waals surface area contributed by atoms with Gasteiger partial charge in [0.25, 0.3) is 0 Å². The second-order valence-corrected chi connectivity index (χ2v) is 3.48. The summed E-state index contributed by atoms with van der Waals surface area (Å²) in [5, 5.41) is 2.63. The Bertz CT molecular complexity index is 206. The van der Waals surface area contributed by atoms with Crippen LogP contribution in [-0.2, 0) is 9.59 Å². The number of amides is 2. The third-order valence-electron chi connectivity index (χ3n) is 1.83. The van der Waals surface area contributed by atoms with E-state index in [1.165, 1.54) is 0 Å². The van der Waals surface area contributed by atoms with E-state index in [4.69, 9.17) is 11.5 Å². The summed E-state index contributed by atoms with van der Waals surface area (Å²) in [7, 11) is 0. The molecule has 5 heteroatoms. The van der Waals surface area contributed by atoms with Crippen molar-refractivity contribution in [2.24, 2.45) is 11.5 Å². The highest BCUT2D eigenvalue weighted by atomic mass is 16.2. The minimum absolute atomic E-state index is 0.143. The molecule has 0 aliphatic heterocycles. The molecule has 0 fully saturated rings. The predicted octanol–water partition coefficient (Wildman–Crippen LogP) is -0.506. The Morgan fingerprint density at radius 3 is 2.43 bits per heavy atom. The number of primary amides is 1. The van der Waals surface area contributed by atoms with E-state index in [2.05, 4.69) is 5.32 Å². The standard InChI is InChI=1S/C9H19N3O2/c1-3-4-7(10)9(14)12-6(2)5-8(11)13/h6-7H,3-5,10H2,1-2H3,(H2,11,13)(H,12,14)/t6?,7-/m1/s1. The number of hydrogen-bond donors (Lipinski definition) is 3. The topological polar surface area (TPSA) is 98.2 Å². The molecule has 5 nitrogen and oxygen atoms in total. The van der Waals surface area contributed by atoms with Gasteiger partial charge >= 0.3 is 0 Å². The van der Waals surface area contributed by atoms with Gasteiger partial charge in [-0.3, -0.25) is 9.59 Å². The zero-order valence-electron chi connectivity index (χ0n) is 8.75. The third kappa shape index (κ3) is 5.53. The molecule has 0 heterocycles. The molecule has 0 aromatic heterocycles. The first kappa shape index (κ1) is 12.9. The maximum absolute atomic E-state index is 11.3. The maximum Gasteiger partial charge on any atom is 0.237 e. The number of hydrogen-bond acceptors (Lipinski definition) is 3. The van der Waals surface area contributed by atoms with Gasteiger partial charge in [-0.25, -0.2) is 0 Å². The van der Waals surface area contributed by atoms with Crippen LogP contribution < -0.4 is 16.8 Å². The van der Waals surface area contributed by atoms with Crippen LogP contribution in [0.2, 0.25) is 0 Å². The molecule has 0 radical (unpaired) electrons. The van der Waals surface area contributed by atoms with Crippen molar-refractivity contribution in [2.75, 3.05) is 0 Å². The summed E-state index contributed by atoms with van der Waals surface area (Å²) in [6.07, 6.45) is 1.65. The first-order chi connectivity index (χ1) is 6.47. The van der Waals surface area contributed by atoms with Gasteiger partial charge in [-0.05, 0) is 13.3 Å². The molecule has 82 valence electrons. The molecule has 0 bridgehead atoms. The van der Waals surface area contributed by atoms with E-state index in [-0.39, 0.29) is 18.4 Å². The van der Waals surface area contributed by atoms with Crippen LogP contribution in [0.3, 0.4) is 0 Å². The Morgan fingerprint density at radius 1 is 1.43 bits per heavy atom. The van der Waals surface area contributed by atoms with Crippen LogP contribution in [-0.4, -0.2) is 23.9 Å². The van der Waals surface area contributed by atoms with Gasteiger partial charge < -0.3 is 16.8 Å². The van der Waals surface area contributed by atoms with E-state index in [9.17, 15) is 9.59 Å². The number of nitrogens with two attached hydrogens (primary N) is 2. The zero-order chi connectivity index (χ0) is 11.1. The molecule has 1 unspecified atom stereocenters. The summed E-state index contributed by atoms with van der Waals surface area (Å²) in [5.74, 6) is -0.650. The number of nitrogens with one attached hydrogen (secondary N) is 1. The van der Waals surface area contributed by atoms with Crippen molar-refractivity contribution in [1.29, 1.82) is 0 Å². The summed E-state index contributed by atoms with van der Waals surface area (Å²) < 4.78 is 0. The fraction of sp³-hybridized carbons (Fsp3) is 0.778. The quantitative estimate of drug-likeness (QED) is 0.540. The molecule has 14 heavy (non-hydrogen) atoms. The van der Waals surface area contributed by atoms with Crippen LogP contribution in [0.15, 0.2) is 0 Å². The van der Waals surface area contributed by atoms with Crippen molar-refractivity contribution in [3.63, 3.8) is 0 Å². The molecule has 0 aliphatic rings. The highest BCUT2D eigenvalue weighted by Gasteiger charge is 2.15. The summed E-state index contributed by atoms with van der Waals surface area (Å²) in [5.41, 5.74) is 10.6. The molecule has 0 aromatic carbocycles. The van der Waals surface area contributed by atoms with Crippen LogP contribution in [0.4, 0.5) is 0 Å². The van der Waals surface area contributed by atoms with E-state index in [1.54, 1.807) is 6.92 Å². The van der Waals surface area contributed by atoms with Crippen LogP contribution in [0.1, 0.15) is 33.1 Å². The van der Waals surface area contributed by atoms with Gasteiger partial charge in [0.2, 0.25) is 11.8 Å². The van der Waals surface area contributed by atoms with Crippen molar-refractivity contribution < 1.29 is 9.59 Å². The molecular weight excluding hydrogens is 182 g/mol. The Balaban J connectivity index is 3.86. The van der Waals surface area contributed by atoms with Crippen LogP contribution >= 0.6 is 0 Å². The molecule has 0 aliphatic carbocycles. The second kappa shape index (κ2) is 6.37. The van der Waals surface area contributed by atoms with Gasteiger partial charge in [-0.1, -0.05) is 13.3 Å². The molecule has 0 spiro atoms. The lowest BCUT2D eigenvalue weighted by Crippen LogP contribution is -2.45. The molecule has 2 atom stereocenters. The largest absolute Gasteiger partial charge is 0.370 e. The third-order valence-corrected chi connectivity index (χ3v) is 1.83. The Hall–Kier alpha value is -1.10. The summed E-state index contributed by atoms with van der Waals surface area (Å²) in [6, 6.07) is -0.738. The minimum atomic E-state index is -0.490. The van der Waals surface area contributed by atoms with Crippen LogP contribution in [0.5, 0.6) is 0 Å².